The minimum atomic E-state index is -0.350. The highest BCUT2D eigenvalue weighted by Gasteiger charge is 2.34. The van der Waals surface area contributed by atoms with Crippen LogP contribution in [0.2, 0.25) is 0 Å². The molecule has 2 aromatic heterocycles. The van der Waals surface area contributed by atoms with Gasteiger partial charge in [0.05, 0.1) is 16.9 Å². The lowest BCUT2D eigenvalue weighted by Crippen LogP contribution is -2.26. The van der Waals surface area contributed by atoms with Gasteiger partial charge in [-0.15, -0.1) is 11.3 Å². The summed E-state index contributed by atoms with van der Waals surface area (Å²) in [6.07, 6.45) is 1.08. The molecule has 0 bridgehead atoms. The highest BCUT2D eigenvalue weighted by atomic mass is 32.1. The first-order chi connectivity index (χ1) is 12.9. The molecule has 1 unspecified atom stereocenters. The number of carbonyl (C=O) groups excluding carboxylic acids is 1. The summed E-state index contributed by atoms with van der Waals surface area (Å²) >= 11 is 1.57. The van der Waals surface area contributed by atoms with Gasteiger partial charge in [-0.25, -0.2) is 4.79 Å². The number of thiophene rings is 1. The van der Waals surface area contributed by atoms with Crippen molar-refractivity contribution in [1.82, 2.24) is 4.98 Å². The number of fused-ring (bicyclic) bond motifs is 1. The quantitative estimate of drug-likeness (QED) is 0.637. The zero-order valence-electron chi connectivity index (χ0n) is 15.6. The Morgan fingerprint density at radius 2 is 2.04 bits per heavy atom. The molecule has 1 saturated heterocycles. The molecule has 1 aliphatic rings. The van der Waals surface area contributed by atoms with Crippen molar-refractivity contribution in [3.05, 3.63) is 53.5 Å². The van der Waals surface area contributed by atoms with Gasteiger partial charge in [-0.2, -0.15) is 0 Å². The van der Waals surface area contributed by atoms with Gasteiger partial charge in [0.1, 0.15) is 17.9 Å². The van der Waals surface area contributed by atoms with Crippen molar-refractivity contribution in [2.24, 2.45) is 0 Å². The summed E-state index contributed by atoms with van der Waals surface area (Å²) in [6, 6.07) is 12.0. The molecule has 0 aliphatic carbocycles. The SMILES string of the molecule is CC(C)(C)c1ccc(OCC2CN(c3csc4cccnc34)C(=O)O2)cc1. The van der Waals surface area contributed by atoms with E-state index in [1.165, 1.54) is 5.56 Å². The standard InChI is InChI=1S/C21H22N2O3S/c1-21(2,3)14-6-8-15(9-7-14)25-12-16-11-23(20(24)26-16)17-13-27-18-5-4-10-22-19(17)18/h4-10,13,16H,11-12H2,1-3H3. The summed E-state index contributed by atoms with van der Waals surface area (Å²) in [4.78, 5) is 18.4. The summed E-state index contributed by atoms with van der Waals surface area (Å²) in [7, 11) is 0. The number of cyclic esters (lactones) is 1. The Hall–Kier alpha value is -2.60. The number of hydrogen-bond donors (Lipinski definition) is 0. The zero-order valence-corrected chi connectivity index (χ0v) is 16.5. The minimum absolute atomic E-state index is 0.108. The molecular formula is C21H22N2O3S. The molecule has 3 heterocycles. The van der Waals surface area contributed by atoms with Gasteiger partial charge < -0.3 is 9.47 Å². The fourth-order valence-corrected chi connectivity index (χ4v) is 3.99. The van der Waals surface area contributed by atoms with E-state index >= 15 is 0 Å². The summed E-state index contributed by atoms with van der Waals surface area (Å²) in [6.45, 7) is 7.32. The van der Waals surface area contributed by atoms with Crippen molar-refractivity contribution in [2.45, 2.75) is 32.3 Å². The van der Waals surface area contributed by atoms with Crippen LogP contribution < -0.4 is 9.64 Å². The second kappa shape index (κ2) is 6.85. The molecule has 1 atom stereocenters. The van der Waals surface area contributed by atoms with Crippen LogP contribution in [0, 0.1) is 0 Å². The molecular weight excluding hydrogens is 360 g/mol. The molecule has 1 fully saturated rings. The van der Waals surface area contributed by atoms with Crippen LogP contribution in [0.1, 0.15) is 26.3 Å². The highest BCUT2D eigenvalue weighted by Crippen LogP contribution is 2.33. The average molecular weight is 382 g/mol. The van der Waals surface area contributed by atoms with Gasteiger partial charge in [0.25, 0.3) is 0 Å². The van der Waals surface area contributed by atoms with Crippen molar-refractivity contribution in [3.8, 4) is 5.75 Å². The van der Waals surface area contributed by atoms with Gasteiger partial charge in [0.15, 0.2) is 6.10 Å². The van der Waals surface area contributed by atoms with E-state index in [-0.39, 0.29) is 17.6 Å². The molecule has 0 radical (unpaired) electrons. The van der Waals surface area contributed by atoms with E-state index < -0.39 is 0 Å². The molecule has 0 N–H and O–H groups in total. The Labute approximate surface area is 162 Å². The van der Waals surface area contributed by atoms with Crippen LogP contribution in [0.25, 0.3) is 10.2 Å². The fraction of sp³-hybridized carbons (Fsp3) is 0.333. The Bertz CT molecular complexity index is 959. The number of anilines is 1. The van der Waals surface area contributed by atoms with Crippen LogP contribution >= 0.6 is 11.3 Å². The third-order valence-corrected chi connectivity index (χ3v) is 5.56. The molecule has 6 heteroatoms. The maximum absolute atomic E-state index is 12.3. The molecule has 5 nitrogen and oxygen atoms in total. The van der Waals surface area contributed by atoms with E-state index in [4.69, 9.17) is 9.47 Å². The molecule has 3 aromatic rings. The Balaban J connectivity index is 1.41. The molecule has 0 spiro atoms. The molecule has 4 rings (SSSR count). The van der Waals surface area contributed by atoms with E-state index in [1.807, 2.05) is 29.6 Å². The number of nitrogens with zero attached hydrogens (tertiary/aromatic N) is 2. The second-order valence-corrected chi connectivity index (χ2v) is 8.58. The normalized spacial score (nSPS) is 17.4. The summed E-state index contributed by atoms with van der Waals surface area (Å²) in [5, 5.41) is 1.95. The Kier molecular flexibility index (Phi) is 4.52. The van der Waals surface area contributed by atoms with Crippen LogP contribution in [0.5, 0.6) is 5.75 Å². The average Bonchev–Trinajstić information content (AvgIpc) is 3.22. The first-order valence-electron chi connectivity index (χ1n) is 8.95. The van der Waals surface area contributed by atoms with E-state index in [2.05, 4.69) is 37.9 Å². The first kappa shape index (κ1) is 17.8. The van der Waals surface area contributed by atoms with Crippen LogP contribution in [-0.2, 0) is 10.2 Å². The lowest BCUT2D eigenvalue weighted by atomic mass is 9.87. The van der Waals surface area contributed by atoms with Gasteiger partial charge >= 0.3 is 6.09 Å². The highest BCUT2D eigenvalue weighted by molar-refractivity contribution is 7.17. The minimum Gasteiger partial charge on any atom is -0.490 e. The summed E-state index contributed by atoms with van der Waals surface area (Å²) < 4.78 is 12.4. The molecule has 1 amide bonds. The van der Waals surface area contributed by atoms with E-state index in [9.17, 15) is 4.79 Å². The molecule has 140 valence electrons. The number of rotatable bonds is 4. The number of ether oxygens (including phenoxy) is 2. The molecule has 0 saturated carbocycles. The molecule has 27 heavy (non-hydrogen) atoms. The lowest BCUT2D eigenvalue weighted by Gasteiger charge is -2.19. The number of aromatic nitrogens is 1. The second-order valence-electron chi connectivity index (χ2n) is 7.67. The predicted octanol–water partition coefficient (Wildman–Crippen LogP) is 5.00. The fourth-order valence-electron chi connectivity index (χ4n) is 3.09. The van der Waals surface area contributed by atoms with Gasteiger partial charge in [-0.1, -0.05) is 32.9 Å². The van der Waals surface area contributed by atoms with E-state index in [0.29, 0.717) is 13.2 Å². The van der Waals surface area contributed by atoms with Gasteiger partial charge in [-0.3, -0.25) is 9.88 Å². The van der Waals surface area contributed by atoms with Crippen LogP contribution in [-0.4, -0.2) is 30.3 Å². The molecule has 1 aliphatic heterocycles. The Morgan fingerprint density at radius 3 is 2.78 bits per heavy atom. The number of amides is 1. The smallest absolute Gasteiger partial charge is 0.414 e. The zero-order chi connectivity index (χ0) is 19.0. The van der Waals surface area contributed by atoms with E-state index in [1.54, 1.807) is 22.4 Å². The van der Waals surface area contributed by atoms with Crippen molar-refractivity contribution >= 4 is 33.3 Å². The monoisotopic (exact) mass is 382 g/mol. The van der Waals surface area contributed by atoms with Crippen molar-refractivity contribution in [1.29, 1.82) is 0 Å². The van der Waals surface area contributed by atoms with Crippen molar-refractivity contribution in [3.63, 3.8) is 0 Å². The molecule has 1 aromatic carbocycles. The van der Waals surface area contributed by atoms with Crippen molar-refractivity contribution < 1.29 is 14.3 Å². The number of benzene rings is 1. The van der Waals surface area contributed by atoms with Gasteiger partial charge in [-0.05, 0) is 35.2 Å². The van der Waals surface area contributed by atoms with Crippen LogP contribution in [0.4, 0.5) is 10.5 Å². The first-order valence-corrected chi connectivity index (χ1v) is 9.83. The number of hydrogen-bond acceptors (Lipinski definition) is 5. The lowest BCUT2D eigenvalue weighted by molar-refractivity contribution is 0.105. The van der Waals surface area contributed by atoms with Crippen molar-refractivity contribution in [2.75, 3.05) is 18.1 Å². The van der Waals surface area contributed by atoms with E-state index in [0.717, 1.165) is 21.7 Å². The van der Waals surface area contributed by atoms with Gasteiger partial charge in [0, 0.05) is 11.6 Å². The predicted molar refractivity (Wildman–Crippen MR) is 108 cm³/mol. The summed E-state index contributed by atoms with van der Waals surface area (Å²) in [5.41, 5.74) is 3.00. The van der Waals surface area contributed by atoms with Crippen LogP contribution in [0.15, 0.2) is 48.0 Å². The topological polar surface area (TPSA) is 51.7 Å². The van der Waals surface area contributed by atoms with Crippen LogP contribution in [0.3, 0.4) is 0 Å². The third kappa shape index (κ3) is 3.62. The summed E-state index contributed by atoms with van der Waals surface area (Å²) in [5.74, 6) is 0.778. The van der Waals surface area contributed by atoms with Gasteiger partial charge in [0.2, 0.25) is 0 Å². The Morgan fingerprint density at radius 1 is 1.26 bits per heavy atom. The third-order valence-electron chi connectivity index (χ3n) is 4.63. The largest absolute Gasteiger partial charge is 0.490 e. The maximum Gasteiger partial charge on any atom is 0.414 e. The maximum atomic E-state index is 12.3. The number of pyridine rings is 1. The number of carbonyl (C=O) groups is 1.